The zero-order chi connectivity index (χ0) is 10.2. The van der Waals surface area contributed by atoms with Crippen molar-refractivity contribution in [2.75, 3.05) is 26.7 Å². The van der Waals surface area contributed by atoms with E-state index in [-0.39, 0.29) is 5.72 Å². The minimum Gasteiger partial charge on any atom is -0.359 e. The third kappa shape index (κ3) is 2.27. The van der Waals surface area contributed by atoms with Crippen LogP contribution in [0.4, 0.5) is 0 Å². The molecule has 3 heteroatoms. The lowest BCUT2D eigenvalue weighted by atomic mass is 9.97. The third-order valence-corrected chi connectivity index (χ3v) is 3.37. The molecular weight excluding hydrogens is 176 g/mol. The maximum Gasteiger partial charge on any atom is 0.117 e. The molecular formula is C11H22N2O. The second-order valence-corrected chi connectivity index (χ2v) is 5.21. The molecule has 3 unspecified atom stereocenters. The predicted molar refractivity (Wildman–Crippen MR) is 57.2 cm³/mol. The fourth-order valence-corrected chi connectivity index (χ4v) is 2.78. The second kappa shape index (κ2) is 3.80. The Labute approximate surface area is 86.8 Å². The van der Waals surface area contributed by atoms with Gasteiger partial charge in [-0.15, -0.1) is 0 Å². The molecule has 0 aromatic carbocycles. The van der Waals surface area contributed by atoms with Crippen molar-refractivity contribution < 1.29 is 4.74 Å². The Bertz CT molecular complexity index is 209. The van der Waals surface area contributed by atoms with E-state index in [0.717, 1.165) is 18.9 Å². The first-order valence-corrected chi connectivity index (χ1v) is 5.68. The van der Waals surface area contributed by atoms with E-state index >= 15 is 0 Å². The molecule has 2 saturated heterocycles. The topological polar surface area (TPSA) is 24.5 Å². The monoisotopic (exact) mass is 198 g/mol. The summed E-state index contributed by atoms with van der Waals surface area (Å²) < 4.78 is 5.82. The van der Waals surface area contributed by atoms with Crippen LogP contribution >= 0.6 is 0 Å². The fraction of sp³-hybridized carbons (Fsp3) is 1.00. The van der Waals surface area contributed by atoms with Crippen LogP contribution in [0.5, 0.6) is 0 Å². The van der Waals surface area contributed by atoms with Gasteiger partial charge in [0.1, 0.15) is 5.72 Å². The molecule has 0 amide bonds. The molecule has 82 valence electrons. The molecule has 2 aliphatic rings. The van der Waals surface area contributed by atoms with Gasteiger partial charge in [0.15, 0.2) is 0 Å². The van der Waals surface area contributed by atoms with Crippen LogP contribution in [0.2, 0.25) is 0 Å². The van der Waals surface area contributed by atoms with Crippen molar-refractivity contribution in [2.24, 2.45) is 5.92 Å². The first-order chi connectivity index (χ1) is 6.57. The summed E-state index contributed by atoms with van der Waals surface area (Å²) in [7, 11) is 2.20. The molecule has 3 nitrogen and oxygen atoms in total. The maximum atomic E-state index is 5.82. The summed E-state index contributed by atoms with van der Waals surface area (Å²) in [5.41, 5.74) is -0.0603. The van der Waals surface area contributed by atoms with Gasteiger partial charge in [-0.2, -0.15) is 0 Å². The lowest BCUT2D eigenvalue weighted by Gasteiger charge is -2.27. The van der Waals surface area contributed by atoms with Gasteiger partial charge in [0.2, 0.25) is 0 Å². The van der Waals surface area contributed by atoms with E-state index in [9.17, 15) is 0 Å². The number of hydrogen-bond donors (Lipinski definition) is 1. The molecule has 0 radical (unpaired) electrons. The van der Waals surface area contributed by atoms with Gasteiger partial charge < -0.3 is 9.64 Å². The molecule has 0 aliphatic carbocycles. The predicted octanol–water partition coefficient (Wildman–Crippen LogP) is 1.05. The van der Waals surface area contributed by atoms with Gasteiger partial charge in [0.05, 0.1) is 6.61 Å². The van der Waals surface area contributed by atoms with Crippen LogP contribution in [-0.2, 0) is 4.74 Å². The first-order valence-electron chi connectivity index (χ1n) is 5.68. The molecule has 3 atom stereocenters. The zero-order valence-corrected chi connectivity index (χ0v) is 9.55. The Morgan fingerprint density at radius 1 is 1.57 bits per heavy atom. The number of nitrogens with zero attached hydrogens (tertiary/aromatic N) is 1. The van der Waals surface area contributed by atoms with E-state index in [1.165, 1.54) is 19.5 Å². The van der Waals surface area contributed by atoms with E-state index in [2.05, 4.69) is 31.1 Å². The van der Waals surface area contributed by atoms with E-state index in [1.54, 1.807) is 0 Å². The number of nitrogens with one attached hydrogen (secondary N) is 1. The standard InChI is InChI=1S/C11H22N2O/c1-9-8-14-11(2,12-9)6-10-4-5-13(3)7-10/h9-10,12H,4-8H2,1-3H3. The Morgan fingerprint density at radius 3 is 2.86 bits per heavy atom. The normalized spacial score (nSPS) is 44.8. The highest BCUT2D eigenvalue weighted by Crippen LogP contribution is 2.28. The number of likely N-dealkylation sites (tertiary alicyclic amines) is 1. The van der Waals surface area contributed by atoms with Crippen LogP contribution in [0, 0.1) is 5.92 Å². The fourth-order valence-electron chi connectivity index (χ4n) is 2.78. The average Bonchev–Trinajstić information content (AvgIpc) is 2.60. The van der Waals surface area contributed by atoms with Gasteiger partial charge in [-0.3, -0.25) is 5.32 Å². The van der Waals surface area contributed by atoms with Crippen LogP contribution < -0.4 is 5.32 Å². The summed E-state index contributed by atoms with van der Waals surface area (Å²) in [6.45, 7) is 7.71. The van der Waals surface area contributed by atoms with E-state index < -0.39 is 0 Å². The number of ether oxygens (including phenoxy) is 1. The summed E-state index contributed by atoms with van der Waals surface area (Å²) in [5, 5.41) is 3.53. The average molecular weight is 198 g/mol. The number of hydrogen-bond acceptors (Lipinski definition) is 3. The van der Waals surface area contributed by atoms with Gasteiger partial charge >= 0.3 is 0 Å². The number of rotatable bonds is 2. The van der Waals surface area contributed by atoms with Crippen molar-refractivity contribution in [3.8, 4) is 0 Å². The van der Waals surface area contributed by atoms with E-state index in [4.69, 9.17) is 4.74 Å². The smallest absolute Gasteiger partial charge is 0.117 e. The van der Waals surface area contributed by atoms with Gasteiger partial charge in [-0.1, -0.05) is 0 Å². The molecule has 2 fully saturated rings. The molecule has 0 spiro atoms. The Kier molecular flexibility index (Phi) is 2.82. The van der Waals surface area contributed by atoms with Crippen LogP contribution in [0.3, 0.4) is 0 Å². The molecule has 0 saturated carbocycles. The third-order valence-electron chi connectivity index (χ3n) is 3.37. The van der Waals surface area contributed by atoms with Crippen molar-refractivity contribution in [1.82, 2.24) is 10.2 Å². The first kappa shape index (κ1) is 10.4. The Morgan fingerprint density at radius 2 is 2.36 bits per heavy atom. The lowest BCUT2D eigenvalue weighted by molar-refractivity contribution is -0.0123. The molecule has 2 heterocycles. The molecule has 2 aliphatic heterocycles. The highest BCUT2D eigenvalue weighted by atomic mass is 16.5. The Hall–Kier alpha value is -0.120. The molecule has 1 N–H and O–H groups in total. The summed E-state index contributed by atoms with van der Waals surface area (Å²) >= 11 is 0. The van der Waals surface area contributed by atoms with E-state index in [0.29, 0.717) is 6.04 Å². The highest BCUT2D eigenvalue weighted by Gasteiger charge is 2.36. The lowest BCUT2D eigenvalue weighted by Crippen LogP contribution is -2.42. The molecule has 0 bridgehead atoms. The molecule has 0 aromatic rings. The zero-order valence-electron chi connectivity index (χ0n) is 9.55. The minimum atomic E-state index is -0.0603. The summed E-state index contributed by atoms with van der Waals surface area (Å²) in [6.07, 6.45) is 2.48. The summed E-state index contributed by atoms with van der Waals surface area (Å²) in [4.78, 5) is 2.41. The van der Waals surface area contributed by atoms with Crippen LogP contribution in [0.25, 0.3) is 0 Å². The van der Waals surface area contributed by atoms with Crippen LogP contribution in [-0.4, -0.2) is 43.4 Å². The SMILES string of the molecule is CC1COC(C)(CC2CCN(C)C2)N1. The van der Waals surface area contributed by atoms with Crippen molar-refractivity contribution in [1.29, 1.82) is 0 Å². The van der Waals surface area contributed by atoms with Crippen LogP contribution in [0.1, 0.15) is 26.7 Å². The Balaban J connectivity index is 1.85. The summed E-state index contributed by atoms with van der Waals surface area (Å²) in [6, 6.07) is 0.513. The van der Waals surface area contributed by atoms with Crippen molar-refractivity contribution in [3.05, 3.63) is 0 Å². The second-order valence-electron chi connectivity index (χ2n) is 5.21. The molecule has 0 aromatic heterocycles. The van der Waals surface area contributed by atoms with Gasteiger partial charge in [-0.05, 0) is 46.2 Å². The van der Waals surface area contributed by atoms with Gasteiger partial charge in [0, 0.05) is 12.6 Å². The minimum absolute atomic E-state index is 0.0603. The molecule has 2 rings (SSSR count). The van der Waals surface area contributed by atoms with Gasteiger partial charge in [0.25, 0.3) is 0 Å². The maximum absolute atomic E-state index is 5.82. The quantitative estimate of drug-likeness (QED) is 0.718. The van der Waals surface area contributed by atoms with E-state index in [1.807, 2.05) is 0 Å². The largest absolute Gasteiger partial charge is 0.359 e. The van der Waals surface area contributed by atoms with Crippen molar-refractivity contribution in [3.63, 3.8) is 0 Å². The summed E-state index contributed by atoms with van der Waals surface area (Å²) in [5.74, 6) is 0.808. The molecule has 14 heavy (non-hydrogen) atoms. The van der Waals surface area contributed by atoms with Gasteiger partial charge in [-0.25, -0.2) is 0 Å². The van der Waals surface area contributed by atoms with Crippen LogP contribution in [0.15, 0.2) is 0 Å². The van der Waals surface area contributed by atoms with Crippen molar-refractivity contribution in [2.45, 2.75) is 38.5 Å². The van der Waals surface area contributed by atoms with Crippen molar-refractivity contribution >= 4 is 0 Å². The highest BCUT2D eigenvalue weighted by molar-refractivity contribution is 4.87.